The molecule has 0 aromatic heterocycles. The van der Waals surface area contributed by atoms with Gasteiger partial charge in [0, 0.05) is 6.08 Å². The van der Waals surface area contributed by atoms with Crippen LogP contribution in [0, 0.1) is 0 Å². The maximum atomic E-state index is 11.6. The number of benzene rings is 1. The van der Waals surface area contributed by atoms with E-state index in [4.69, 9.17) is 5.11 Å². The third-order valence-electron chi connectivity index (χ3n) is 2.87. The fourth-order valence-corrected chi connectivity index (χ4v) is 1.56. The fourth-order valence-electron chi connectivity index (χ4n) is 1.56. The molecular formula is C15H21NO2. The topological polar surface area (TPSA) is 49.3 Å². The molecule has 1 amide bonds. The zero-order chi connectivity index (χ0) is 13.4. The molecule has 1 rings (SSSR count). The summed E-state index contributed by atoms with van der Waals surface area (Å²) in [5.74, 6) is -0.171. The normalized spacial score (nSPS) is 12.6. The van der Waals surface area contributed by atoms with Crippen LogP contribution in [0.4, 0.5) is 0 Å². The van der Waals surface area contributed by atoms with Crippen molar-refractivity contribution in [2.75, 3.05) is 6.61 Å². The van der Waals surface area contributed by atoms with Gasteiger partial charge in [-0.1, -0.05) is 38.1 Å². The molecular weight excluding hydrogens is 226 g/mol. The van der Waals surface area contributed by atoms with Gasteiger partial charge in [0.15, 0.2) is 0 Å². The van der Waals surface area contributed by atoms with Crippen molar-refractivity contribution in [2.24, 2.45) is 0 Å². The fraction of sp³-hybridized carbons (Fsp3) is 0.400. The molecule has 0 aliphatic carbocycles. The minimum absolute atomic E-state index is 0.0265. The van der Waals surface area contributed by atoms with E-state index < -0.39 is 0 Å². The maximum absolute atomic E-state index is 11.6. The van der Waals surface area contributed by atoms with E-state index in [1.54, 1.807) is 6.08 Å². The summed E-state index contributed by atoms with van der Waals surface area (Å²) in [7, 11) is 0. The Hall–Kier alpha value is -1.61. The van der Waals surface area contributed by atoms with E-state index in [2.05, 4.69) is 24.4 Å². The van der Waals surface area contributed by atoms with E-state index in [0.29, 0.717) is 0 Å². The number of carbonyl (C=O) groups is 1. The Morgan fingerprint density at radius 1 is 1.33 bits per heavy atom. The second-order valence-corrected chi connectivity index (χ2v) is 4.22. The van der Waals surface area contributed by atoms with E-state index in [1.807, 2.05) is 19.1 Å². The van der Waals surface area contributed by atoms with Gasteiger partial charge in [0.25, 0.3) is 0 Å². The summed E-state index contributed by atoms with van der Waals surface area (Å²) in [5.41, 5.74) is 2.28. The smallest absolute Gasteiger partial charge is 0.244 e. The number of hydrogen-bond donors (Lipinski definition) is 2. The number of nitrogens with one attached hydrogen (secondary N) is 1. The standard InChI is InChI=1S/C15H21NO2/c1-3-12-5-7-13(8-6-12)9-10-15(18)16-14(4-2)11-17/h5-10,14,17H,3-4,11H2,1-2H3,(H,16,18)/b10-9+/t14-/m0/s1. The monoisotopic (exact) mass is 247 g/mol. The second-order valence-electron chi connectivity index (χ2n) is 4.22. The van der Waals surface area contributed by atoms with E-state index in [0.717, 1.165) is 18.4 Å². The van der Waals surface area contributed by atoms with Crippen molar-refractivity contribution in [3.8, 4) is 0 Å². The molecule has 1 aromatic rings. The van der Waals surface area contributed by atoms with Crippen LogP contribution >= 0.6 is 0 Å². The van der Waals surface area contributed by atoms with Gasteiger partial charge in [-0.2, -0.15) is 0 Å². The van der Waals surface area contributed by atoms with Gasteiger partial charge in [-0.15, -0.1) is 0 Å². The van der Waals surface area contributed by atoms with Gasteiger partial charge in [-0.05, 0) is 30.0 Å². The van der Waals surface area contributed by atoms with Gasteiger partial charge >= 0.3 is 0 Å². The van der Waals surface area contributed by atoms with Gasteiger partial charge < -0.3 is 10.4 Å². The predicted octanol–water partition coefficient (Wildman–Crippen LogP) is 2.15. The average Bonchev–Trinajstić information content (AvgIpc) is 2.43. The van der Waals surface area contributed by atoms with Gasteiger partial charge in [0.1, 0.15) is 0 Å². The first-order valence-electron chi connectivity index (χ1n) is 6.38. The minimum Gasteiger partial charge on any atom is -0.394 e. The van der Waals surface area contributed by atoms with E-state index in [-0.39, 0.29) is 18.6 Å². The van der Waals surface area contributed by atoms with E-state index in [1.165, 1.54) is 11.6 Å². The molecule has 2 N–H and O–H groups in total. The highest BCUT2D eigenvalue weighted by molar-refractivity contribution is 5.91. The van der Waals surface area contributed by atoms with Crippen LogP contribution in [-0.4, -0.2) is 23.7 Å². The Morgan fingerprint density at radius 3 is 2.50 bits per heavy atom. The second kappa shape index (κ2) is 7.67. The summed E-state index contributed by atoms with van der Waals surface area (Å²) in [6, 6.07) is 7.93. The van der Waals surface area contributed by atoms with E-state index in [9.17, 15) is 4.79 Å². The molecule has 18 heavy (non-hydrogen) atoms. The molecule has 0 saturated heterocycles. The molecule has 3 heteroatoms. The lowest BCUT2D eigenvalue weighted by Crippen LogP contribution is -2.35. The molecule has 0 bridgehead atoms. The number of carbonyl (C=O) groups excluding carboxylic acids is 1. The Labute approximate surface area is 109 Å². The van der Waals surface area contributed by atoms with Gasteiger partial charge in [-0.3, -0.25) is 4.79 Å². The molecule has 0 unspecified atom stereocenters. The molecule has 0 spiro atoms. The third-order valence-corrected chi connectivity index (χ3v) is 2.87. The molecule has 0 radical (unpaired) electrons. The first kappa shape index (κ1) is 14.5. The summed E-state index contributed by atoms with van der Waals surface area (Å²) in [4.78, 5) is 11.6. The number of rotatable bonds is 6. The lowest BCUT2D eigenvalue weighted by atomic mass is 10.1. The van der Waals surface area contributed by atoms with Crippen LogP contribution in [0.2, 0.25) is 0 Å². The summed E-state index contributed by atoms with van der Waals surface area (Å²) < 4.78 is 0. The molecule has 0 fully saturated rings. The van der Waals surface area contributed by atoms with Crippen LogP contribution in [0.1, 0.15) is 31.4 Å². The van der Waals surface area contributed by atoms with Gasteiger partial charge in [0.2, 0.25) is 5.91 Å². The lowest BCUT2D eigenvalue weighted by molar-refractivity contribution is -0.117. The van der Waals surface area contributed by atoms with Gasteiger partial charge in [0.05, 0.1) is 12.6 Å². The average molecular weight is 247 g/mol. The van der Waals surface area contributed by atoms with Crippen molar-refractivity contribution in [1.82, 2.24) is 5.32 Å². The molecule has 3 nitrogen and oxygen atoms in total. The Morgan fingerprint density at radius 2 is 2.00 bits per heavy atom. The summed E-state index contributed by atoms with van der Waals surface area (Å²) in [6.07, 6.45) is 5.01. The summed E-state index contributed by atoms with van der Waals surface area (Å²) in [6.45, 7) is 4.01. The van der Waals surface area contributed by atoms with Crippen molar-refractivity contribution in [3.05, 3.63) is 41.5 Å². The lowest BCUT2D eigenvalue weighted by Gasteiger charge is -2.11. The van der Waals surface area contributed by atoms with Crippen LogP contribution < -0.4 is 5.32 Å². The van der Waals surface area contributed by atoms with Crippen molar-refractivity contribution in [1.29, 1.82) is 0 Å². The Bertz CT molecular complexity index is 391. The number of aliphatic hydroxyl groups is 1. The van der Waals surface area contributed by atoms with Crippen molar-refractivity contribution in [3.63, 3.8) is 0 Å². The van der Waals surface area contributed by atoms with Crippen LogP contribution in [-0.2, 0) is 11.2 Å². The van der Waals surface area contributed by atoms with Crippen molar-refractivity contribution < 1.29 is 9.90 Å². The first-order valence-corrected chi connectivity index (χ1v) is 6.38. The molecule has 1 atom stereocenters. The number of aliphatic hydroxyl groups excluding tert-OH is 1. The summed E-state index contributed by atoms with van der Waals surface area (Å²) in [5, 5.41) is 11.7. The highest BCUT2D eigenvalue weighted by Crippen LogP contribution is 2.06. The predicted molar refractivity (Wildman–Crippen MR) is 74.2 cm³/mol. The largest absolute Gasteiger partial charge is 0.394 e. The van der Waals surface area contributed by atoms with Crippen molar-refractivity contribution in [2.45, 2.75) is 32.7 Å². The summed E-state index contributed by atoms with van der Waals surface area (Å²) >= 11 is 0. The third kappa shape index (κ3) is 4.72. The van der Waals surface area contributed by atoms with Crippen LogP contribution in [0.5, 0.6) is 0 Å². The SMILES string of the molecule is CCc1ccc(/C=C/C(=O)N[C@@H](CC)CO)cc1. The van der Waals surface area contributed by atoms with Crippen LogP contribution in [0.25, 0.3) is 6.08 Å². The number of hydrogen-bond acceptors (Lipinski definition) is 2. The number of aryl methyl sites for hydroxylation is 1. The highest BCUT2D eigenvalue weighted by atomic mass is 16.3. The first-order chi connectivity index (χ1) is 8.69. The van der Waals surface area contributed by atoms with Crippen LogP contribution in [0.3, 0.4) is 0 Å². The van der Waals surface area contributed by atoms with E-state index >= 15 is 0 Å². The zero-order valence-electron chi connectivity index (χ0n) is 11.0. The highest BCUT2D eigenvalue weighted by Gasteiger charge is 2.05. The Kier molecular flexibility index (Phi) is 6.15. The molecule has 98 valence electrons. The quantitative estimate of drug-likeness (QED) is 0.757. The molecule has 0 aliphatic heterocycles. The zero-order valence-corrected chi connectivity index (χ0v) is 11.0. The minimum atomic E-state index is -0.171. The van der Waals surface area contributed by atoms with Crippen molar-refractivity contribution >= 4 is 12.0 Å². The maximum Gasteiger partial charge on any atom is 0.244 e. The molecule has 0 heterocycles. The molecule has 0 saturated carbocycles. The molecule has 1 aromatic carbocycles. The van der Waals surface area contributed by atoms with Gasteiger partial charge in [-0.25, -0.2) is 0 Å². The Balaban J connectivity index is 2.54. The molecule has 0 aliphatic rings. The van der Waals surface area contributed by atoms with Crippen LogP contribution in [0.15, 0.2) is 30.3 Å². The number of amides is 1.